The average Bonchev–Trinajstić information content (AvgIpc) is 3.58. The van der Waals surface area contributed by atoms with Crippen LogP contribution in [-0.4, -0.2) is 40.2 Å². The Morgan fingerprint density at radius 1 is 1.11 bits per heavy atom. The van der Waals surface area contributed by atoms with Gasteiger partial charge in [-0.25, -0.2) is 4.98 Å². The molecule has 1 N–H and O–H groups in total. The molecule has 3 heterocycles. The van der Waals surface area contributed by atoms with Crippen LogP contribution in [0.15, 0.2) is 60.0 Å². The lowest BCUT2D eigenvalue weighted by atomic mass is 10.1. The van der Waals surface area contributed by atoms with Crippen molar-refractivity contribution in [1.82, 2.24) is 14.8 Å². The van der Waals surface area contributed by atoms with E-state index in [2.05, 4.69) is 10.4 Å². The highest BCUT2D eigenvalue weighted by Gasteiger charge is 2.35. The summed E-state index contributed by atoms with van der Waals surface area (Å²) in [4.78, 5) is 32.1. The zero-order chi connectivity index (χ0) is 24.5. The highest BCUT2D eigenvalue weighted by Crippen LogP contribution is 2.29. The SMILES string of the molecule is COc1ccc(-c2csc(-n3nc(C)cc3NC(=O)C3CC(=O)N(c4ccc(C)cc4)C3)n2)cc1. The van der Waals surface area contributed by atoms with E-state index < -0.39 is 5.92 Å². The standard InChI is InChI=1S/C26H25N5O3S/c1-16-4-8-20(9-5-16)30-14-19(13-24(30)32)25(33)28-23-12-17(2)29-31(23)26-27-22(15-35-26)18-6-10-21(34-3)11-7-18/h4-12,15,19H,13-14H2,1-3H3,(H,28,33). The molecule has 2 amide bonds. The zero-order valence-electron chi connectivity index (χ0n) is 19.7. The fraction of sp³-hybridized carbons (Fsp3) is 0.231. The molecule has 2 aromatic heterocycles. The number of methoxy groups -OCH3 is 1. The van der Waals surface area contributed by atoms with Crippen LogP contribution >= 0.6 is 11.3 Å². The normalized spacial score (nSPS) is 15.5. The Hall–Kier alpha value is -3.98. The topological polar surface area (TPSA) is 89.3 Å². The Balaban J connectivity index is 1.32. The lowest BCUT2D eigenvalue weighted by Gasteiger charge is -2.17. The Morgan fingerprint density at radius 3 is 2.57 bits per heavy atom. The number of ether oxygens (including phenoxy) is 1. The second-order valence-corrected chi connectivity index (χ2v) is 9.39. The summed E-state index contributed by atoms with van der Waals surface area (Å²) in [6, 6.07) is 17.2. The van der Waals surface area contributed by atoms with Crippen LogP contribution in [0, 0.1) is 19.8 Å². The molecule has 0 spiro atoms. The molecule has 1 unspecified atom stereocenters. The number of aryl methyl sites for hydroxylation is 2. The maximum atomic E-state index is 13.1. The summed E-state index contributed by atoms with van der Waals surface area (Å²) in [7, 11) is 1.63. The number of benzene rings is 2. The minimum Gasteiger partial charge on any atom is -0.497 e. The Kier molecular flexibility index (Phi) is 6.08. The largest absolute Gasteiger partial charge is 0.497 e. The minimum absolute atomic E-state index is 0.0530. The van der Waals surface area contributed by atoms with Gasteiger partial charge < -0.3 is 15.0 Å². The highest BCUT2D eigenvalue weighted by atomic mass is 32.1. The maximum absolute atomic E-state index is 13.1. The molecule has 1 aliphatic heterocycles. The van der Waals surface area contributed by atoms with Gasteiger partial charge in [0.1, 0.15) is 11.6 Å². The van der Waals surface area contributed by atoms with Crippen molar-refractivity contribution >= 4 is 34.7 Å². The van der Waals surface area contributed by atoms with E-state index in [9.17, 15) is 9.59 Å². The van der Waals surface area contributed by atoms with Gasteiger partial charge in [-0.3, -0.25) is 9.59 Å². The number of rotatable bonds is 6. The Bertz CT molecular complexity index is 1380. The van der Waals surface area contributed by atoms with Crippen LogP contribution in [0.4, 0.5) is 11.5 Å². The number of thiazole rings is 1. The fourth-order valence-corrected chi connectivity index (χ4v) is 4.87. The summed E-state index contributed by atoms with van der Waals surface area (Å²) < 4.78 is 6.86. The van der Waals surface area contributed by atoms with Crippen LogP contribution < -0.4 is 15.0 Å². The first-order valence-corrected chi connectivity index (χ1v) is 12.1. The number of aromatic nitrogens is 3. The van der Waals surface area contributed by atoms with Gasteiger partial charge in [-0.1, -0.05) is 17.7 Å². The molecular formula is C26H25N5O3S. The van der Waals surface area contributed by atoms with Crippen molar-refractivity contribution in [2.24, 2.45) is 5.92 Å². The molecule has 0 aliphatic carbocycles. The quantitative estimate of drug-likeness (QED) is 0.429. The molecule has 0 saturated carbocycles. The van der Waals surface area contributed by atoms with Crippen LogP contribution in [0.3, 0.4) is 0 Å². The van der Waals surface area contributed by atoms with E-state index in [1.807, 2.05) is 67.8 Å². The van der Waals surface area contributed by atoms with Crippen LogP contribution in [0.2, 0.25) is 0 Å². The van der Waals surface area contributed by atoms with Crippen molar-refractivity contribution in [3.05, 3.63) is 71.2 Å². The molecule has 5 rings (SSSR count). The summed E-state index contributed by atoms with van der Waals surface area (Å²) in [6.07, 6.45) is 0.172. The van der Waals surface area contributed by atoms with E-state index in [-0.39, 0.29) is 18.2 Å². The van der Waals surface area contributed by atoms with E-state index in [0.29, 0.717) is 17.5 Å². The molecule has 8 nitrogen and oxygen atoms in total. The molecule has 2 aromatic carbocycles. The van der Waals surface area contributed by atoms with E-state index in [1.165, 1.54) is 11.3 Å². The lowest BCUT2D eigenvalue weighted by molar-refractivity contribution is -0.122. The van der Waals surface area contributed by atoms with E-state index >= 15 is 0 Å². The van der Waals surface area contributed by atoms with E-state index in [1.54, 1.807) is 22.8 Å². The average molecular weight is 488 g/mol. The van der Waals surface area contributed by atoms with Crippen molar-refractivity contribution in [2.75, 3.05) is 23.9 Å². The zero-order valence-corrected chi connectivity index (χ0v) is 20.5. The van der Waals surface area contributed by atoms with Crippen LogP contribution in [0.1, 0.15) is 17.7 Å². The number of nitrogens with zero attached hydrogens (tertiary/aromatic N) is 4. The Morgan fingerprint density at radius 2 is 1.86 bits per heavy atom. The lowest BCUT2D eigenvalue weighted by Crippen LogP contribution is -2.28. The maximum Gasteiger partial charge on any atom is 0.230 e. The van der Waals surface area contributed by atoms with Gasteiger partial charge in [0.15, 0.2) is 0 Å². The first-order chi connectivity index (χ1) is 16.9. The number of carbonyl (C=O) groups is 2. The van der Waals surface area contributed by atoms with Gasteiger partial charge in [0.25, 0.3) is 0 Å². The predicted molar refractivity (Wildman–Crippen MR) is 136 cm³/mol. The first-order valence-electron chi connectivity index (χ1n) is 11.3. The number of nitrogens with one attached hydrogen (secondary N) is 1. The minimum atomic E-state index is -0.446. The molecule has 4 aromatic rings. The molecule has 1 saturated heterocycles. The van der Waals surface area contributed by atoms with Gasteiger partial charge in [-0.15, -0.1) is 11.3 Å². The number of amides is 2. The third-order valence-corrected chi connectivity index (χ3v) is 6.80. The molecular weight excluding hydrogens is 462 g/mol. The fourth-order valence-electron chi connectivity index (χ4n) is 4.08. The Labute approximate surface area is 207 Å². The third-order valence-electron chi connectivity index (χ3n) is 5.98. The van der Waals surface area contributed by atoms with Gasteiger partial charge in [0, 0.05) is 35.7 Å². The van der Waals surface area contributed by atoms with E-state index in [0.717, 1.165) is 34.0 Å². The van der Waals surface area contributed by atoms with Crippen molar-refractivity contribution in [3.8, 4) is 22.1 Å². The number of anilines is 2. The number of hydrogen-bond acceptors (Lipinski definition) is 6. The van der Waals surface area contributed by atoms with Crippen molar-refractivity contribution in [1.29, 1.82) is 0 Å². The summed E-state index contributed by atoms with van der Waals surface area (Å²) in [6.45, 7) is 4.21. The second kappa shape index (κ2) is 9.34. The second-order valence-electron chi connectivity index (χ2n) is 8.56. The summed E-state index contributed by atoms with van der Waals surface area (Å²) in [5.41, 5.74) is 4.46. The van der Waals surface area contributed by atoms with Crippen molar-refractivity contribution < 1.29 is 14.3 Å². The molecule has 1 aliphatic rings. The molecule has 0 radical (unpaired) electrons. The third kappa shape index (κ3) is 4.67. The van der Waals surface area contributed by atoms with Gasteiger partial charge in [-0.2, -0.15) is 9.78 Å². The molecule has 1 fully saturated rings. The van der Waals surface area contributed by atoms with Crippen molar-refractivity contribution in [3.63, 3.8) is 0 Å². The molecule has 0 bridgehead atoms. The van der Waals surface area contributed by atoms with Gasteiger partial charge in [0.2, 0.25) is 16.9 Å². The smallest absolute Gasteiger partial charge is 0.230 e. The summed E-state index contributed by atoms with van der Waals surface area (Å²) in [5, 5.41) is 10.1. The van der Waals surface area contributed by atoms with Crippen LogP contribution in [0.5, 0.6) is 5.75 Å². The van der Waals surface area contributed by atoms with Gasteiger partial charge >= 0.3 is 0 Å². The molecule has 178 valence electrons. The molecule has 9 heteroatoms. The monoisotopic (exact) mass is 487 g/mol. The highest BCUT2D eigenvalue weighted by molar-refractivity contribution is 7.12. The van der Waals surface area contributed by atoms with Crippen LogP contribution in [0.25, 0.3) is 16.4 Å². The predicted octanol–water partition coefficient (Wildman–Crippen LogP) is 4.61. The summed E-state index contributed by atoms with van der Waals surface area (Å²) >= 11 is 1.44. The van der Waals surface area contributed by atoms with Gasteiger partial charge in [0.05, 0.1) is 24.4 Å². The number of hydrogen-bond donors (Lipinski definition) is 1. The molecule has 35 heavy (non-hydrogen) atoms. The van der Waals surface area contributed by atoms with Crippen LogP contribution in [-0.2, 0) is 9.59 Å². The molecule has 1 atom stereocenters. The van der Waals surface area contributed by atoms with E-state index in [4.69, 9.17) is 9.72 Å². The summed E-state index contributed by atoms with van der Waals surface area (Å²) in [5.74, 6) is 0.606. The number of carbonyl (C=O) groups excluding carboxylic acids is 2. The first kappa shape index (κ1) is 22.8. The van der Waals surface area contributed by atoms with Crippen molar-refractivity contribution in [2.45, 2.75) is 20.3 Å². The van der Waals surface area contributed by atoms with Gasteiger partial charge in [-0.05, 0) is 50.2 Å².